The predicted octanol–water partition coefficient (Wildman–Crippen LogP) is 3.08. The van der Waals surface area contributed by atoms with Gasteiger partial charge in [-0.05, 0) is 31.2 Å². The highest BCUT2D eigenvalue weighted by molar-refractivity contribution is 5.61. The predicted molar refractivity (Wildman–Crippen MR) is 82.7 cm³/mol. The lowest BCUT2D eigenvalue weighted by Crippen LogP contribution is -2.06. The summed E-state index contributed by atoms with van der Waals surface area (Å²) in [6, 6.07) is 5.11. The molecule has 2 aromatic heterocycles. The van der Waals surface area contributed by atoms with Crippen molar-refractivity contribution >= 4 is 5.95 Å². The molecule has 0 amide bonds. The van der Waals surface area contributed by atoms with E-state index in [2.05, 4.69) is 20.4 Å². The number of benzene rings is 1. The second-order valence-corrected chi connectivity index (χ2v) is 5.16. The van der Waals surface area contributed by atoms with Gasteiger partial charge in [0, 0.05) is 37.1 Å². The number of halogens is 2. The van der Waals surface area contributed by atoms with Gasteiger partial charge in [0.1, 0.15) is 11.6 Å². The van der Waals surface area contributed by atoms with E-state index in [0.29, 0.717) is 11.6 Å². The van der Waals surface area contributed by atoms with Gasteiger partial charge in [-0.3, -0.25) is 4.68 Å². The zero-order chi connectivity index (χ0) is 16.4. The first-order valence-electron chi connectivity index (χ1n) is 7.04. The monoisotopic (exact) mass is 315 g/mol. The SMILES string of the molecule is Cc1nn(C)cc1-c1ccnc(NCc2cc(F)ccc2F)n1. The van der Waals surface area contributed by atoms with Gasteiger partial charge in [0.2, 0.25) is 5.95 Å². The molecule has 3 aromatic rings. The summed E-state index contributed by atoms with van der Waals surface area (Å²) in [4.78, 5) is 8.50. The van der Waals surface area contributed by atoms with Crippen LogP contribution in [0.1, 0.15) is 11.3 Å². The lowest BCUT2D eigenvalue weighted by atomic mass is 10.2. The molecule has 2 heterocycles. The fourth-order valence-corrected chi connectivity index (χ4v) is 2.30. The van der Waals surface area contributed by atoms with E-state index >= 15 is 0 Å². The van der Waals surface area contributed by atoms with Crippen LogP contribution >= 0.6 is 0 Å². The summed E-state index contributed by atoms with van der Waals surface area (Å²) in [7, 11) is 1.84. The standard InChI is InChI=1S/C16H15F2N5/c1-10-13(9-23(2)22-10)15-5-6-19-16(21-15)20-8-11-7-12(17)3-4-14(11)18/h3-7,9H,8H2,1-2H3,(H,19,20,21). The van der Waals surface area contributed by atoms with Crippen LogP contribution in [-0.4, -0.2) is 19.7 Å². The maximum absolute atomic E-state index is 13.6. The van der Waals surface area contributed by atoms with Gasteiger partial charge >= 0.3 is 0 Å². The van der Waals surface area contributed by atoms with E-state index in [1.54, 1.807) is 16.9 Å². The van der Waals surface area contributed by atoms with Crippen molar-refractivity contribution in [3.8, 4) is 11.3 Å². The summed E-state index contributed by atoms with van der Waals surface area (Å²) >= 11 is 0. The minimum atomic E-state index is -0.483. The molecule has 118 valence electrons. The number of anilines is 1. The maximum Gasteiger partial charge on any atom is 0.223 e. The van der Waals surface area contributed by atoms with E-state index in [0.717, 1.165) is 29.5 Å². The van der Waals surface area contributed by atoms with Crippen molar-refractivity contribution in [1.29, 1.82) is 0 Å². The van der Waals surface area contributed by atoms with E-state index in [-0.39, 0.29) is 12.1 Å². The van der Waals surface area contributed by atoms with Gasteiger partial charge in [-0.25, -0.2) is 18.7 Å². The van der Waals surface area contributed by atoms with Crippen LogP contribution in [0.4, 0.5) is 14.7 Å². The lowest BCUT2D eigenvalue weighted by Gasteiger charge is -2.07. The molecule has 0 bridgehead atoms. The van der Waals surface area contributed by atoms with Gasteiger partial charge in [0.05, 0.1) is 11.4 Å². The molecular weight excluding hydrogens is 300 g/mol. The van der Waals surface area contributed by atoms with E-state index in [1.807, 2.05) is 20.2 Å². The molecule has 1 N–H and O–H groups in total. The highest BCUT2D eigenvalue weighted by atomic mass is 19.1. The molecule has 5 nitrogen and oxygen atoms in total. The van der Waals surface area contributed by atoms with Crippen LogP contribution in [0.25, 0.3) is 11.3 Å². The summed E-state index contributed by atoms with van der Waals surface area (Å²) in [5.41, 5.74) is 2.69. The van der Waals surface area contributed by atoms with Gasteiger partial charge in [-0.15, -0.1) is 0 Å². The first-order chi connectivity index (χ1) is 11.0. The van der Waals surface area contributed by atoms with Crippen molar-refractivity contribution in [2.45, 2.75) is 13.5 Å². The Labute approximate surface area is 132 Å². The molecule has 0 aliphatic rings. The third kappa shape index (κ3) is 3.33. The van der Waals surface area contributed by atoms with Gasteiger partial charge in [0.15, 0.2) is 0 Å². The second-order valence-electron chi connectivity index (χ2n) is 5.16. The number of hydrogen-bond donors (Lipinski definition) is 1. The summed E-state index contributed by atoms with van der Waals surface area (Å²) < 4.78 is 28.5. The summed E-state index contributed by atoms with van der Waals surface area (Å²) in [6.07, 6.45) is 3.48. The zero-order valence-electron chi connectivity index (χ0n) is 12.7. The molecule has 0 radical (unpaired) electrons. The van der Waals surface area contributed by atoms with Crippen LogP contribution in [0.5, 0.6) is 0 Å². The minimum Gasteiger partial charge on any atom is -0.350 e. The number of nitrogens with one attached hydrogen (secondary N) is 1. The molecular formula is C16H15F2N5. The van der Waals surface area contributed by atoms with Crippen molar-refractivity contribution in [2.75, 3.05) is 5.32 Å². The Morgan fingerprint density at radius 1 is 1.22 bits per heavy atom. The lowest BCUT2D eigenvalue weighted by molar-refractivity contribution is 0.587. The average molecular weight is 315 g/mol. The molecule has 0 unspecified atom stereocenters. The largest absolute Gasteiger partial charge is 0.350 e. The van der Waals surface area contributed by atoms with Crippen LogP contribution in [0, 0.1) is 18.6 Å². The third-order valence-corrected chi connectivity index (χ3v) is 3.39. The number of nitrogens with zero attached hydrogens (tertiary/aromatic N) is 4. The van der Waals surface area contributed by atoms with Gasteiger partial charge < -0.3 is 5.32 Å². The molecule has 0 spiro atoms. The Morgan fingerprint density at radius 2 is 2.04 bits per heavy atom. The van der Waals surface area contributed by atoms with E-state index in [9.17, 15) is 8.78 Å². The van der Waals surface area contributed by atoms with Crippen molar-refractivity contribution in [3.63, 3.8) is 0 Å². The first-order valence-corrected chi connectivity index (χ1v) is 7.04. The molecule has 1 aromatic carbocycles. The smallest absolute Gasteiger partial charge is 0.223 e. The molecule has 3 rings (SSSR count). The van der Waals surface area contributed by atoms with Crippen LogP contribution in [0.15, 0.2) is 36.7 Å². The fourth-order valence-electron chi connectivity index (χ4n) is 2.30. The summed E-state index contributed by atoms with van der Waals surface area (Å²) in [5.74, 6) is -0.614. The molecule has 0 saturated carbocycles. The Hall–Kier alpha value is -2.83. The summed E-state index contributed by atoms with van der Waals surface area (Å²) in [5, 5.41) is 7.19. The Balaban J connectivity index is 1.80. The summed E-state index contributed by atoms with van der Waals surface area (Å²) in [6.45, 7) is 1.99. The van der Waals surface area contributed by atoms with E-state index in [1.165, 1.54) is 0 Å². The first kappa shape index (κ1) is 15.1. The van der Waals surface area contributed by atoms with E-state index in [4.69, 9.17) is 0 Å². The number of aromatic nitrogens is 4. The van der Waals surface area contributed by atoms with Crippen molar-refractivity contribution in [3.05, 3.63) is 59.6 Å². The average Bonchev–Trinajstić information content (AvgIpc) is 2.87. The van der Waals surface area contributed by atoms with Gasteiger partial charge in [-0.1, -0.05) is 0 Å². The van der Waals surface area contributed by atoms with Gasteiger partial charge in [0.25, 0.3) is 0 Å². The van der Waals surface area contributed by atoms with Crippen LogP contribution in [-0.2, 0) is 13.6 Å². The van der Waals surface area contributed by atoms with Crippen molar-refractivity contribution in [2.24, 2.45) is 7.05 Å². The molecule has 0 aliphatic carbocycles. The quantitative estimate of drug-likeness (QED) is 0.804. The van der Waals surface area contributed by atoms with Gasteiger partial charge in [-0.2, -0.15) is 5.10 Å². The van der Waals surface area contributed by atoms with Crippen molar-refractivity contribution < 1.29 is 8.78 Å². The Bertz CT molecular complexity index is 844. The second kappa shape index (κ2) is 6.12. The van der Waals surface area contributed by atoms with Crippen LogP contribution in [0.2, 0.25) is 0 Å². The maximum atomic E-state index is 13.6. The Morgan fingerprint density at radius 3 is 2.78 bits per heavy atom. The molecule has 0 saturated heterocycles. The van der Waals surface area contributed by atoms with Crippen LogP contribution in [0.3, 0.4) is 0 Å². The molecule has 0 atom stereocenters. The normalized spacial score (nSPS) is 10.8. The topological polar surface area (TPSA) is 55.6 Å². The molecule has 7 heteroatoms. The number of rotatable bonds is 4. The third-order valence-electron chi connectivity index (χ3n) is 3.39. The van der Waals surface area contributed by atoms with Crippen molar-refractivity contribution in [1.82, 2.24) is 19.7 Å². The fraction of sp³-hybridized carbons (Fsp3) is 0.188. The number of aryl methyl sites for hydroxylation is 2. The number of hydrogen-bond acceptors (Lipinski definition) is 4. The highest BCUT2D eigenvalue weighted by Gasteiger charge is 2.09. The molecule has 0 fully saturated rings. The zero-order valence-corrected chi connectivity index (χ0v) is 12.7. The Kier molecular flexibility index (Phi) is 4.01. The van der Waals surface area contributed by atoms with Crippen LogP contribution < -0.4 is 5.32 Å². The highest BCUT2D eigenvalue weighted by Crippen LogP contribution is 2.20. The minimum absolute atomic E-state index is 0.0963. The van der Waals surface area contributed by atoms with E-state index < -0.39 is 11.6 Å². The molecule has 23 heavy (non-hydrogen) atoms. The molecule has 0 aliphatic heterocycles.